The Kier molecular flexibility index (Phi) is 4.99. The monoisotopic (exact) mass is 432 g/mol. The molecule has 0 radical (unpaired) electrons. The summed E-state index contributed by atoms with van der Waals surface area (Å²) in [6, 6.07) is 8.65. The first-order valence-electron chi connectivity index (χ1n) is 10.5. The Bertz CT molecular complexity index is 1320. The summed E-state index contributed by atoms with van der Waals surface area (Å²) in [5, 5.41) is 23.2. The smallest absolute Gasteiger partial charge is 0.249 e. The highest BCUT2D eigenvalue weighted by molar-refractivity contribution is 5.98. The van der Waals surface area contributed by atoms with Gasteiger partial charge in [-0.15, -0.1) is 0 Å². The van der Waals surface area contributed by atoms with Gasteiger partial charge in [0.25, 0.3) is 0 Å². The molecule has 0 spiro atoms. The Labute approximate surface area is 183 Å². The van der Waals surface area contributed by atoms with Crippen LogP contribution in [-0.2, 0) is 6.42 Å². The highest BCUT2D eigenvalue weighted by Gasteiger charge is 2.42. The number of aliphatic hydroxyl groups excluding tert-OH is 2. The van der Waals surface area contributed by atoms with Crippen LogP contribution >= 0.6 is 0 Å². The van der Waals surface area contributed by atoms with Crippen molar-refractivity contribution in [2.75, 3.05) is 5.73 Å². The minimum Gasteiger partial charge on any atom is -0.390 e. The highest BCUT2D eigenvalue weighted by Crippen LogP contribution is 2.39. The van der Waals surface area contributed by atoms with E-state index in [-0.39, 0.29) is 12.0 Å². The molecular formula is C23H24N6O3. The summed E-state index contributed by atoms with van der Waals surface area (Å²) < 4.78 is 1.91. The predicted octanol–water partition coefficient (Wildman–Crippen LogP) is 1.58. The number of aliphatic hydroxyl groups is 2. The maximum absolute atomic E-state index is 12.0. The number of aromatic nitrogens is 4. The molecule has 5 rings (SSSR count). The molecule has 6 N–H and O–H groups in total. The van der Waals surface area contributed by atoms with Crippen molar-refractivity contribution >= 4 is 33.7 Å². The van der Waals surface area contributed by atoms with E-state index in [2.05, 4.69) is 15.0 Å². The summed E-state index contributed by atoms with van der Waals surface area (Å²) in [6.07, 6.45) is 4.94. The minimum absolute atomic E-state index is 0.153. The van der Waals surface area contributed by atoms with Gasteiger partial charge >= 0.3 is 0 Å². The zero-order valence-electron chi connectivity index (χ0n) is 17.3. The zero-order valence-corrected chi connectivity index (χ0v) is 17.3. The van der Waals surface area contributed by atoms with Crippen LogP contribution in [0.1, 0.15) is 34.8 Å². The van der Waals surface area contributed by atoms with Crippen molar-refractivity contribution in [2.24, 2.45) is 11.7 Å². The number of nitrogen functional groups attached to an aromatic ring is 1. The molecule has 1 fully saturated rings. The fraction of sp³-hybridized carbons (Fsp3) is 0.304. The van der Waals surface area contributed by atoms with E-state index >= 15 is 0 Å². The van der Waals surface area contributed by atoms with Crippen LogP contribution in [0, 0.1) is 5.92 Å². The van der Waals surface area contributed by atoms with Crippen LogP contribution in [0.4, 0.5) is 5.82 Å². The van der Waals surface area contributed by atoms with Gasteiger partial charge in [0.2, 0.25) is 5.91 Å². The number of primary amides is 1. The topological polar surface area (TPSA) is 153 Å². The highest BCUT2D eigenvalue weighted by atomic mass is 16.3. The van der Waals surface area contributed by atoms with Gasteiger partial charge < -0.3 is 26.2 Å². The lowest BCUT2D eigenvalue weighted by Crippen LogP contribution is -2.29. The molecule has 3 aromatic heterocycles. The number of aryl methyl sites for hydroxylation is 1. The van der Waals surface area contributed by atoms with Crippen molar-refractivity contribution in [3.63, 3.8) is 0 Å². The molecule has 0 saturated heterocycles. The van der Waals surface area contributed by atoms with Gasteiger partial charge in [0, 0.05) is 28.7 Å². The SMILES string of the molecule is NC(=O)c1cc2ccc(N)nc2cc1CC[C@H]1C[C@@H](n2ccc3cncnc32)[C@H](O)[C@@H]1O. The van der Waals surface area contributed by atoms with E-state index in [1.54, 1.807) is 24.4 Å². The molecule has 9 heteroatoms. The Hall–Kier alpha value is -3.56. The first kappa shape index (κ1) is 20.3. The van der Waals surface area contributed by atoms with Crippen molar-refractivity contribution in [1.82, 2.24) is 19.5 Å². The molecule has 1 aliphatic rings. The summed E-state index contributed by atoms with van der Waals surface area (Å²) in [4.78, 5) is 24.7. The van der Waals surface area contributed by atoms with Crippen molar-refractivity contribution in [2.45, 2.75) is 37.5 Å². The van der Waals surface area contributed by atoms with Crippen molar-refractivity contribution in [1.29, 1.82) is 0 Å². The van der Waals surface area contributed by atoms with Crippen molar-refractivity contribution < 1.29 is 15.0 Å². The van der Waals surface area contributed by atoms with E-state index in [1.807, 2.05) is 22.9 Å². The van der Waals surface area contributed by atoms with Crippen LogP contribution in [0.15, 0.2) is 49.1 Å². The number of carbonyl (C=O) groups is 1. The van der Waals surface area contributed by atoms with Gasteiger partial charge in [-0.3, -0.25) is 4.79 Å². The number of fused-ring (bicyclic) bond motifs is 2. The van der Waals surface area contributed by atoms with Gasteiger partial charge in [0.1, 0.15) is 23.9 Å². The van der Waals surface area contributed by atoms with Crippen LogP contribution in [0.5, 0.6) is 0 Å². The summed E-state index contributed by atoms with van der Waals surface area (Å²) in [7, 11) is 0. The number of anilines is 1. The largest absolute Gasteiger partial charge is 0.390 e. The summed E-state index contributed by atoms with van der Waals surface area (Å²) >= 11 is 0. The summed E-state index contributed by atoms with van der Waals surface area (Å²) in [5.41, 5.74) is 14.0. The number of benzene rings is 1. The van der Waals surface area contributed by atoms with Crippen LogP contribution in [0.3, 0.4) is 0 Å². The minimum atomic E-state index is -0.917. The fourth-order valence-corrected chi connectivity index (χ4v) is 4.84. The van der Waals surface area contributed by atoms with Gasteiger partial charge in [0.05, 0.1) is 17.7 Å². The molecule has 4 atom stereocenters. The van der Waals surface area contributed by atoms with Gasteiger partial charge in [-0.1, -0.05) is 0 Å². The fourth-order valence-electron chi connectivity index (χ4n) is 4.84. The molecule has 164 valence electrons. The van der Waals surface area contributed by atoms with Gasteiger partial charge in [-0.25, -0.2) is 15.0 Å². The first-order valence-corrected chi connectivity index (χ1v) is 10.5. The van der Waals surface area contributed by atoms with E-state index in [9.17, 15) is 15.0 Å². The van der Waals surface area contributed by atoms with Gasteiger partial charge in [-0.2, -0.15) is 0 Å². The lowest BCUT2D eigenvalue weighted by Gasteiger charge is -2.19. The second-order valence-electron chi connectivity index (χ2n) is 8.41. The van der Waals surface area contributed by atoms with Crippen molar-refractivity contribution in [3.05, 3.63) is 60.2 Å². The maximum atomic E-state index is 12.0. The predicted molar refractivity (Wildman–Crippen MR) is 120 cm³/mol. The first-order chi connectivity index (χ1) is 15.4. The molecule has 9 nitrogen and oxygen atoms in total. The Morgan fingerprint density at radius 2 is 2.00 bits per heavy atom. The normalized spacial score (nSPS) is 23.2. The third-order valence-corrected chi connectivity index (χ3v) is 6.49. The molecular weight excluding hydrogens is 408 g/mol. The molecule has 0 aliphatic heterocycles. The molecule has 1 amide bonds. The summed E-state index contributed by atoms with van der Waals surface area (Å²) in [6.45, 7) is 0. The van der Waals surface area contributed by atoms with Crippen LogP contribution < -0.4 is 11.5 Å². The lowest BCUT2D eigenvalue weighted by atomic mass is 9.93. The second-order valence-corrected chi connectivity index (χ2v) is 8.41. The number of nitrogens with two attached hydrogens (primary N) is 2. The quantitative estimate of drug-likeness (QED) is 0.373. The maximum Gasteiger partial charge on any atom is 0.249 e. The van der Waals surface area contributed by atoms with Crippen molar-refractivity contribution in [3.8, 4) is 0 Å². The molecule has 1 aromatic carbocycles. The van der Waals surface area contributed by atoms with E-state index in [0.29, 0.717) is 36.2 Å². The molecule has 1 saturated carbocycles. The Morgan fingerprint density at radius 1 is 1.16 bits per heavy atom. The van der Waals surface area contributed by atoms with Crippen LogP contribution in [0.25, 0.3) is 21.9 Å². The average molecular weight is 432 g/mol. The number of nitrogens with zero attached hydrogens (tertiary/aromatic N) is 4. The number of pyridine rings is 1. The second kappa shape index (κ2) is 7.85. The van der Waals surface area contributed by atoms with Crippen LogP contribution in [0.2, 0.25) is 0 Å². The Morgan fingerprint density at radius 3 is 2.81 bits per heavy atom. The van der Waals surface area contributed by atoms with E-state index < -0.39 is 18.1 Å². The van der Waals surface area contributed by atoms with E-state index in [0.717, 1.165) is 22.0 Å². The number of hydrogen-bond acceptors (Lipinski definition) is 7. The standard InChI is InChI=1S/C23H24N6O3/c24-19-4-3-13-7-16(22(25)32)12(8-17(13)28-19)1-2-14-9-18(21(31)20(14)30)29-6-5-15-10-26-11-27-23(15)29/h3-8,10-11,14,18,20-21,30-31H,1-2,9H2,(H2,24,28)(H2,25,32)/t14-,18+,20+,21-/m0/s1. The van der Waals surface area contributed by atoms with Crippen LogP contribution in [-0.4, -0.2) is 47.8 Å². The number of hydrogen-bond donors (Lipinski definition) is 4. The zero-order chi connectivity index (χ0) is 22.4. The number of rotatable bonds is 5. The molecule has 32 heavy (non-hydrogen) atoms. The molecule has 0 unspecified atom stereocenters. The number of carbonyl (C=O) groups excluding carboxylic acids is 1. The lowest BCUT2D eigenvalue weighted by molar-refractivity contribution is 0.00545. The third-order valence-electron chi connectivity index (χ3n) is 6.49. The molecule has 3 heterocycles. The average Bonchev–Trinajstić information content (AvgIpc) is 3.32. The van der Waals surface area contributed by atoms with Gasteiger partial charge in [-0.05, 0) is 61.1 Å². The molecule has 0 bridgehead atoms. The third kappa shape index (κ3) is 3.45. The van der Waals surface area contributed by atoms with Gasteiger partial charge in [0.15, 0.2) is 0 Å². The molecule has 1 aliphatic carbocycles. The van der Waals surface area contributed by atoms with E-state index in [1.165, 1.54) is 6.33 Å². The Balaban J connectivity index is 1.39. The molecule has 4 aromatic rings. The summed E-state index contributed by atoms with van der Waals surface area (Å²) in [5.74, 6) is -0.267. The number of amides is 1. The van der Waals surface area contributed by atoms with E-state index in [4.69, 9.17) is 11.5 Å².